The lowest BCUT2D eigenvalue weighted by Gasteiger charge is -2.19. The van der Waals surface area contributed by atoms with E-state index in [2.05, 4.69) is 5.32 Å². The number of carbonyl (C=O) groups is 2. The number of carbonyl (C=O) groups excluding carboxylic acids is 2. The lowest BCUT2D eigenvalue weighted by molar-refractivity contribution is -0.120. The third-order valence-corrected chi connectivity index (χ3v) is 7.01. The van der Waals surface area contributed by atoms with Crippen LogP contribution in [0.25, 0.3) is 0 Å². The zero-order valence-corrected chi connectivity index (χ0v) is 19.9. The smallest absolute Gasteiger partial charge is 0.283 e. The van der Waals surface area contributed by atoms with Crippen molar-refractivity contribution in [2.45, 2.75) is 32.6 Å². The zero-order chi connectivity index (χ0) is 23.0. The molecule has 1 heterocycles. The first-order valence-electron chi connectivity index (χ1n) is 10.2. The Morgan fingerprint density at radius 3 is 2.22 bits per heavy atom. The van der Waals surface area contributed by atoms with Crippen LogP contribution in [-0.2, 0) is 9.59 Å². The van der Waals surface area contributed by atoms with Gasteiger partial charge in [0, 0.05) is 15.6 Å². The maximum atomic E-state index is 13.5. The first-order chi connectivity index (χ1) is 15.3. The molecule has 4 nitrogen and oxygen atoms in total. The summed E-state index contributed by atoms with van der Waals surface area (Å²) < 4.78 is 0. The van der Waals surface area contributed by atoms with Gasteiger partial charge in [-0.15, -0.1) is 0 Å². The number of nitrogens with zero attached hydrogens (tertiary/aromatic N) is 1. The molecule has 0 saturated heterocycles. The van der Waals surface area contributed by atoms with Gasteiger partial charge in [-0.3, -0.25) is 9.59 Å². The van der Waals surface area contributed by atoms with Crippen LogP contribution in [0, 0.1) is 27.7 Å². The standard InChI is InChI=1S/C26H23ClN2O2S/c1-15-8-11-20(14-17(15)3)28-23-24(32-21-12-9-19(27)10-13-21)26(31)29(25(23)30)22-7-5-6-16(2)18(22)4/h5-14,28H,1-4H3. The van der Waals surface area contributed by atoms with Crippen molar-refractivity contribution in [2.75, 3.05) is 10.2 Å². The molecule has 0 aromatic heterocycles. The average molecular weight is 463 g/mol. The Kier molecular flexibility index (Phi) is 6.13. The van der Waals surface area contributed by atoms with Crippen LogP contribution in [0.5, 0.6) is 0 Å². The molecular formula is C26H23ClN2O2S. The molecule has 1 aliphatic heterocycles. The fourth-order valence-corrected chi connectivity index (χ4v) is 4.55. The highest BCUT2D eigenvalue weighted by Crippen LogP contribution is 2.39. The van der Waals surface area contributed by atoms with E-state index in [4.69, 9.17) is 11.6 Å². The highest BCUT2D eigenvalue weighted by Gasteiger charge is 2.41. The molecule has 1 N–H and O–H groups in total. The zero-order valence-electron chi connectivity index (χ0n) is 18.3. The van der Waals surface area contributed by atoms with E-state index in [0.717, 1.165) is 32.8 Å². The Hall–Kier alpha value is -3.02. The van der Waals surface area contributed by atoms with Crippen LogP contribution in [0.1, 0.15) is 22.3 Å². The molecule has 3 aromatic rings. The number of hydrogen-bond acceptors (Lipinski definition) is 4. The van der Waals surface area contributed by atoms with Crippen LogP contribution >= 0.6 is 23.4 Å². The van der Waals surface area contributed by atoms with Gasteiger partial charge in [0.1, 0.15) is 10.6 Å². The molecule has 0 spiro atoms. The number of thioether (sulfide) groups is 1. The Bertz CT molecular complexity index is 1270. The van der Waals surface area contributed by atoms with E-state index in [-0.39, 0.29) is 17.5 Å². The van der Waals surface area contributed by atoms with Gasteiger partial charge in [-0.1, -0.05) is 41.6 Å². The number of amides is 2. The summed E-state index contributed by atoms with van der Waals surface area (Å²) in [4.78, 5) is 29.5. The Balaban J connectivity index is 1.78. The summed E-state index contributed by atoms with van der Waals surface area (Å²) in [6.07, 6.45) is 0. The van der Waals surface area contributed by atoms with Crippen LogP contribution in [0.15, 0.2) is 76.2 Å². The summed E-state index contributed by atoms with van der Waals surface area (Å²) in [6.45, 7) is 7.94. The second-order valence-electron chi connectivity index (χ2n) is 7.85. The van der Waals surface area contributed by atoms with Gasteiger partial charge in [-0.05, 0) is 92.4 Å². The predicted octanol–water partition coefficient (Wildman–Crippen LogP) is 6.56. The molecule has 3 aromatic carbocycles. The van der Waals surface area contributed by atoms with E-state index in [1.807, 2.05) is 76.2 Å². The van der Waals surface area contributed by atoms with E-state index in [1.165, 1.54) is 16.7 Å². The summed E-state index contributed by atoms with van der Waals surface area (Å²) >= 11 is 7.28. The number of hydrogen-bond donors (Lipinski definition) is 1. The summed E-state index contributed by atoms with van der Waals surface area (Å²) in [5.74, 6) is -0.701. The van der Waals surface area contributed by atoms with E-state index >= 15 is 0 Å². The largest absolute Gasteiger partial charge is 0.350 e. The van der Waals surface area contributed by atoms with Gasteiger partial charge in [0.25, 0.3) is 11.8 Å². The van der Waals surface area contributed by atoms with Crippen LogP contribution in [0.4, 0.5) is 11.4 Å². The highest BCUT2D eigenvalue weighted by molar-refractivity contribution is 8.04. The van der Waals surface area contributed by atoms with Gasteiger partial charge >= 0.3 is 0 Å². The van der Waals surface area contributed by atoms with E-state index in [0.29, 0.717) is 15.6 Å². The van der Waals surface area contributed by atoms with Gasteiger partial charge in [-0.2, -0.15) is 0 Å². The van der Waals surface area contributed by atoms with Gasteiger partial charge < -0.3 is 5.32 Å². The Morgan fingerprint density at radius 1 is 0.812 bits per heavy atom. The van der Waals surface area contributed by atoms with Crippen molar-refractivity contribution in [3.63, 3.8) is 0 Å². The number of imide groups is 1. The predicted molar refractivity (Wildman–Crippen MR) is 132 cm³/mol. The summed E-state index contributed by atoms with van der Waals surface area (Å²) in [6, 6.07) is 18.7. The van der Waals surface area contributed by atoms with Gasteiger partial charge in [0.15, 0.2) is 0 Å². The second-order valence-corrected chi connectivity index (χ2v) is 9.37. The molecule has 4 rings (SSSR count). The monoisotopic (exact) mass is 462 g/mol. The molecular weight excluding hydrogens is 440 g/mol. The summed E-state index contributed by atoms with van der Waals surface area (Å²) in [5.41, 5.74) is 5.83. The maximum absolute atomic E-state index is 13.5. The number of anilines is 2. The summed E-state index contributed by atoms with van der Waals surface area (Å²) in [5, 5.41) is 3.84. The van der Waals surface area contributed by atoms with Crippen LogP contribution in [-0.4, -0.2) is 11.8 Å². The van der Waals surface area contributed by atoms with Crippen LogP contribution in [0.2, 0.25) is 5.02 Å². The van der Waals surface area contributed by atoms with E-state index in [1.54, 1.807) is 12.1 Å². The van der Waals surface area contributed by atoms with Gasteiger partial charge in [0.05, 0.1) is 5.69 Å². The lowest BCUT2D eigenvalue weighted by Crippen LogP contribution is -2.33. The molecule has 32 heavy (non-hydrogen) atoms. The average Bonchev–Trinajstić information content (AvgIpc) is 2.98. The third kappa shape index (κ3) is 4.18. The number of nitrogens with one attached hydrogen (secondary N) is 1. The number of halogens is 1. The molecule has 0 saturated carbocycles. The van der Waals surface area contributed by atoms with Crippen molar-refractivity contribution >= 4 is 46.6 Å². The van der Waals surface area contributed by atoms with Crippen molar-refractivity contribution in [1.82, 2.24) is 0 Å². The van der Waals surface area contributed by atoms with Crippen molar-refractivity contribution < 1.29 is 9.59 Å². The summed E-state index contributed by atoms with van der Waals surface area (Å²) in [7, 11) is 0. The molecule has 6 heteroatoms. The fourth-order valence-electron chi connectivity index (χ4n) is 3.50. The van der Waals surface area contributed by atoms with E-state index in [9.17, 15) is 9.59 Å². The number of rotatable bonds is 5. The Morgan fingerprint density at radius 2 is 1.53 bits per heavy atom. The molecule has 0 unspecified atom stereocenters. The van der Waals surface area contributed by atoms with Gasteiger partial charge in [0.2, 0.25) is 0 Å². The number of benzene rings is 3. The quantitative estimate of drug-likeness (QED) is 0.436. The Labute approximate surface area is 197 Å². The first kappa shape index (κ1) is 22.2. The topological polar surface area (TPSA) is 49.4 Å². The SMILES string of the molecule is Cc1ccc(NC2=C(Sc3ccc(Cl)cc3)C(=O)N(c3cccc(C)c3C)C2=O)cc1C. The molecule has 2 amide bonds. The minimum Gasteiger partial charge on any atom is -0.350 e. The maximum Gasteiger partial charge on any atom is 0.283 e. The van der Waals surface area contributed by atoms with Crippen molar-refractivity contribution in [3.05, 3.63) is 98.5 Å². The minimum absolute atomic E-state index is 0.277. The first-order valence-corrected chi connectivity index (χ1v) is 11.4. The third-order valence-electron chi connectivity index (χ3n) is 5.67. The normalized spacial score (nSPS) is 13.8. The molecule has 0 atom stereocenters. The molecule has 1 aliphatic rings. The number of aryl methyl sites for hydroxylation is 3. The van der Waals surface area contributed by atoms with Gasteiger partial charge in [-0.25, -0.2) is 4.90 Å². The molecule has 0 bridgehead atoms. The van der Waals surface area contributed by atoms with E-state index < -0.39 is 0 Å². The molecule has 0 aliphatic carbocycles. The minimum atomic E-state index is -0.363. The van der Waals surface area contributed by atoms with Crippen LogP contribution < -0.4 is 10.2 Å². The van der Waals surface area contributed by atoms with Crippen LogP contribution in [0.3, 0.4) is 0 Å². The second kappa shape index (κ2) is 8.85. The highest BCUT2D eigenvalue weighted by atomic mass is 35.5. The molecule has 0 radical (unpaired) electrons. The molecule has 0 fully saturated rings. The van der Waals surface area contributed by atoms with Crippen molar-refractivity contribution in [3.8, 4) is 0 Å². The lowest BCUT2D eigenvalue weighted by atomic mass is 10.1. The van der Waals surface area contributed by atoms with Crippen molar-refractivity contribution in [2.24, 2.45) is 0 Å². The van der Waals surface area contributed by atoms with Crippen molar-refractivity contribution in [1.29, 1.82) is 0 Å². The fraction of sp³-hybridized carbons (Fsp3) is 0.154. The molecule has 162 valence electrons.